The molecular weight excluding hydrogens is 186 g/mol. The first kappa shape index (κ1) is 11.3. The summed E-state index contributed by atoms with van der Waals surface area (Å²) in [5, 5.41) is 0. The molecule has 0 amide bonds. The molecule has 0 spiro atoms. The molecule has 80 valence electrons. The third kappa shape index (κ3) is 2.59. The lowest BCUT2D eigenvalue weighted by atomic mass is 10.2. The number of aryl methyl sites for hydroxylation is 1. The van der Waals surface area contributed by atoms with Crippen molar-refractivity contribution in [1.82, 2.24) is 9.55 Å². The molecule has 0 aromatic carbocycles. The van der Waals surface area contributed by atoms with Crippen LogP contribution in [0.25, 0.3) is 5.70 Å². The Bertz CT molecular complexity index is 418. The van der Waals surface area contributed by atoms with Crippen molar-refractivity contribution in [3.63, 3.8) is 0 Å². The summed E-state index contributed by atoms with van der Waals surface area (Å²) >= 11 is 0. The first-order valence-electron chi connectivity index (χ1n) is 4.83. The van der Waals surface area contributed by atoms with Crippen LogP contribution in [0.5, 0.6) is 0 Å². The van der Waals surface area contributed by atoms with E-state index in [4.69, 9.17) is 5.73 Å². The van der Waals surface area contributed by atoms with Crippen LogP contribution in [0.2, 0.25) is 0 Å². The fraction of sp³-hybridized carbons (Fsp3) is 0.250. The van der Waals surface area contributed by atoms with Crippen LogP contribution in [0.4, 0.5) is 0 Å². The largest absolute Gasteiger partial charge is 0.397 e. The standard InChI is InChI=1S/C12H17N3/c1-5-6-11(12(13)9(2)3)15-7-10(4)14-8-15/h5-8H,1,13H2,2-4H3/b11-6+. The molecule has 0 aliphatic rings. The van der Waals surface area contributed by atoms with Gasteiger partial charge >= 0.3 is 0 Å². The van der Waals surface area contributed by atoms with Crippen LogP contribution in [0.1, 0.15) is 19.5 Å². The molecule has 0 radical (unpaired) electrons. The van der Waals surface area contributed by atoms with E-state index in [0.717, 1.165) is 22.7 Å². The van der Waals surface area contributed by atoms with Crippen molar-refractivity contribution >= 4 is 5.70 Å². The number of nitrogens with zero attached hydrogens (tertiary/aromatic N) is 2. The molecule has 0 aliphatic carbocycles. The molecule has 0 aliphatic heterocycles. The van der Waals surface area contributed by atoms with Crippen molar-refractivity contribution in [1.29, 1.82) is 0 Å². The summed E-state index contributed by atoms with van der Waals surface area (Å²) in [7, 11) is 0. The van der Waals surface area contributed by atoms with Gasteiger partial charge in [-0.25, -0.2) is 4.98 Å². The Balaban J connectivity index is 3.22. The number of imidazole rings is 1. The van der Waals surface area contributed by atoms with Gasteiger partial charge in [0.1, 0.15) is 0 Å². The number of hydrogen-bond donors (Lipinski definition) is 1. The number of aromatic nitrogens is 2. The number of allylic oxidation sites excluding steroid dienone is 4. The van der Waals surface area contributed by atoms with Crippen molar-refractivity contribution in [2.24, 2.45) is 5.73 Å². The topological polar surface area (TPSA) is 43.8 Å². The Labute approximate surface area is 90.6 Å². The zero-order chi connectivity index (χ0) is 11.4. The summed E-state index contributed by atoms with van der Waals surface area (Å²) in [6, 6.07) is 0. The van der Waals surface area contributed by atoms with Gasteiger partial charge in [0.05, 0.1) is 23.4 Å². The van der Waals surface area contributed by atoms with Crippen LogP contribution in [0.3, 0.4) is 0 Å². The number of rotatable bonds is 3. The zero-order valence-electron chi connectivity index (χ0n) is 9.49. The molecule has 2 N–H and O–H groups in total. The summed E-state index contributed by atoms with van der Waals surface area (Å²) in [6.07, 6.45) is 7.29. The van der Waals surface area contributed by atoms with E-state index in [0.29, 0.717) is 0 Å². The lowest BCUT2D eigenvalue weighted by Gasteiger charge is -2.09. The van der Waals surface area contributed by atoms with Gasteiger partial charge in [0, 0.05) is 6.20 Å². The summed E-state index contributed by atoms with van der Waals surface area (Å²) in [5.41, 5.74) is 9.71. The molecule has 1 aromatic heterocycles. The molecule has 3 heteroatoms. The highest BCUT2D eigenvalue weighted by Gasteiger charge is 2.05. The maximum absolute atomic E-state index is 6.00. The van der Waals surface area contributed by atoms with Gasteiger partial charge in [0.25, 0.3) is 0 Å². The van der Waals surface area contributed by atoms with Crippen molar-refractivity contribution in [2.75, 3.05) is 0 Å². The van der Waals surface area contributed by atoms with Gasteiger partial charge in [0.15, 0.2) is 0 Å². The Hall–Kier alpha value is -1.77. The van der Waals surface area contributed by atoms with Gasteiger partial charge < -0.3 is 10.3 Å². The maximum Gasteiger partial charge on any atom is 0.0995 e. The van der Waals surface area contributed by atoms with Gasteiger partial charge in [-0.1, -0.05) is 18.2 Å². The van der Waals surface area contributed by atoms with Crippen molar-refractivity contribution < 1.29 is 0 Å². The van der Waals surface area contributed by atoms with Gasteiger partial charge in [-0.05, 0) is 26.8 Å². The minimum Gasteiger partial charge on any atom is -0.397 e. The molecule has 15 heavy (non-hydrogen) atoms. The van der Waals surface area contributed by atoms with E-state index in [1.807, 2.05) is 37.6 Å². The maximum atomic E-state index is 6.00. The molecule has 3 nitrogen and oxygen atoms in total. The minimum atomic E-state index is 0.757. The highest BCUT2D eigenvalue weighted by Crippen LogP contribution is 2.15. The molecule has 0 saturated carbocycles. The van der Waals surface area contributed by atoms with Crippen molar-refractivity contribution in [2.45, 2.75) is 20.8 Å². The third-order valence-corrected chi connectivity index (χ3v) is 2.08. The van der Waals surface area contributed by atoms with Crippen molar-refractivity contribution in [3.8, 4) is 0 Å². The molecule has 0 unspecified atom stereocenters. The van der Waals surface area contributed by atoms with E-state index in [2.05, 4.69) is 11.6 Å². The van der Waals surface area contributed by atoms with Crippen LogP contribution in [-0.4, -0.2) is 9.55 Å². The van der Waals surface area contributed by atoms with Crippen LogP contribution < -0.4 is 5.73 Å². The summed E-state index contributed by atoms with van der Waals surface area (Å²) in [5.74, 6) is 0. The molecule has 1 aromatic rings. The van der Waals surface area contributed by atoms with E-state index >= 15 is 0 Å². The first-order valence-corrected chi connectivity index (χ1v) is 4.83. The average molecular weight is 203 g/mol. The minimum absolute atomic E-state index is 0.757. The normalized spacial score (nSPS) is 11.3. The molecule has 0 fully saturated rings. The average Bonchev–Trinajstić information content (AvgIpc) is 2.60. The smallest absolute Gasteiger partial charge is 0.0995 e. The fourth-order valence-corrected chi connectivity index (χ4v) is 1.24. The highest BCUT2D eigenvalue weighted by molar-refractivity contribution is 5.65. The lowest BCUT2D eigenvalue weighted by Crippen LogP contribution is -2.07. The zero-order valence-corrected chi connectivity index (χ0v) is 9.49. The molecule has 0 atom stereocenters. The van der Waals surface area contributed by atoms with E-state index < -0.39 is 0 Å². The summed E-state index contributed by atoms with van der Waals surface area (Å²) in [6.45, 7) is 9.60. The molecule has 0 saturated heterocycles. The van der Waals surface area contributed by atoms with E-state index in [1.165, 1.54) is 0 Å². The van der Waals surface area contributed by atoms with Gasteiger partial charge in [-0.3, -0.25) is 0 Å². The molecule has 1 rings (SSSR count). The Morgan fingerprint density at radius 1 is 1.53 bits per heavy atom. The van der Waals surface area contributed by atoms with Crippen molar-refractivity contribution in [3.05, 3.63) is 48.2 Å². The van der Waals surface area contributed by atoms with Gasteiger partial charge in [-0.2, -0.15) is 0 Å². The monoisotopic (exact) mass is 203 g/mol. The molecule has 1 heterocycles. The van der Waals surface area contributed by atoms with E-state index in [-0.39, 0.29) is 0 Å². The summed E-state index contributed by atoms with van der Waals surface area (Å²) < 4.78 is 1.90. The number of hydrogen-bond acceptors (Lipinski definition) is 2. The lowest BCUT2D eigenvalue weighted by molar-refractivity contribution is 1.06. The fourth-order valence-electron chi connectivity index (χ4n) is 1.24. The molecule has 0 bridgehead atoms. The van der Waals surface area contributed by atoms with Crippen LogP contribution in [0, 0.1) is 6.92 Å². The molecular formula is C12H17N3. The summed E-state index contributed by atoms with van der Waals surface area (Å²) in [4.78, 5) is 4.17. The number of nitrogens with two attached hydrogens (primary N) is 1. The van der Waals surface area contributed by atoms with E-state index in [1.54, 1.807) is 12.4 Å². The predicted molar refractivity (Wildman–Crippen MR) is 64.0 cm³/mol. The SMILES string of the molecule is C=C/C=C(\C(N)=C(C)C)n1cnc(C)c1. The second-order valence-electron chi connectivity index (χ2n) is 3.62. The Kier molecular flexibility index (Phi) is 3.50. The predicted octanol–water partition coefficient (Wildman–Crippen LogP) is 2.47. The quantitative estimate of drug-likeness (QED) is 0.767. The van der Waals surface area contributed by atoms with Gasteiger partial charge in [-0.15, -0.1) is 0 Å². The van der Waals surface area contributed by atoms with Crippen LogP contribution in [-0.2, 0) is 0 Å². The van der Waals surface area contributed by atoms with E-state index in [9.17, 15) is 0 Å². The Morgan fingerprint density at radius 2 is 2.20 bits per heavy atom. The Morgan fingerprint density at radius 3 is 2.60 bits per heavy atom. The first-order chi connectivity index (χ1) is 7.06. The second kappa shape index (κ2) is 4.64. The van der Waals surface area contributed by atoms with Crippen LogP contribution >= 0.6 is 0 Å². The van der Waals surface area contributed by atoms with Gasteiger partial charge in [0.2, 0.25) is 0 Å². The van der Waals surface area contributed by atoms with Crippen LogP contribution in [0.15, 0.2) is 42.5 Å². The highest BCUT2D eigenvalue weighted by atomic mass is 15.1. The second-order valence-corrected chi connectivity index (χ2v) is 3.62. The third-order valence-electron chi connectivity index (χ3n) is 2.08.